The zero-order chi connectivity index (χ0) is 44.9. The molecule has 1 saturated heterocycles. The minimum atomic E-state index is -2.09. The summed E-state index contributed by atoms with van der Waals surface area (Å²) in [5, 5.41) is 29.0. The number of fused-ring (bicyclic) bond motifs is 5. The summed E-state index contributed by atoms with van der Waals surface area (Å²) in [6.45, 7) is 10.3. The highest BCUT2D eigenvalue weighted by Gasteiger charge is 2.77. The molecule has 1 amide bonds. The lowest BCUT2D eigenvalue weighted by molar-refractivity contribution is -0.339. The van der Waals surface area contributed by atoms with Gasteiger partial charge in [-0.2, -0.15) is 0 Å². The van der Waals surface area contributed by atoms with Crippen LogP contribution in [0.5, 0.6) is 0 Å². The third kappa shape index (κ3) is 7.37. The molecule has 7 rings (SSSR count). The molecule has 0 radical (unpaired) electrons. The zero-order valence-corrected chi connectivity index (χ0v) is 36.1. The summed E-state index contributed by atoms with van der Waals surface area (Å²) >= 11 is 0. The van der Waals surface area contributed by atoms with Crippen LogP contribution in [0.15, 0.2) is 102 Å². The van der Waals surface area contributed by atoms with Gasteiger partial charge in [-0.05, 0) is 49.6 Å². The summed E-state index contributed by atoms with van der Waals surface area (Å²) in [7, 11) is 0. The third-order valence-electron chi connectivity index (χ3n) is 14.3. The summed E-state index contributed by atoms with van der Waals surface area (Å²) in [6.07, 6.45) is -6.13. The second-order valence-corrected chi connectivity index (χ2v) is 18.1. The normalized spacial score (nSPS) is 31.9. The molecule has 1 heterocycles. The number of ketones is 2. The van der Waals surface area contributed by atoms with Crippen molar-refractivity contribution in [3.8, 4) is 0 Å². The first-order valence-corrected chi connectivity index (χ1v) is 21.1. The van der Waals surface area contributed by atoms with Gasteiger partial charge in [0.15, 0.2) is 23.3 Å². The van der Waals surface area contributed by atoms with E-state index in [9.17, 15) is 34.2 Å². The lowest BCUT2D eigenvalue weighted by atomic mass is 9.42. The van der Waals surface area contributed by atoms with Crippen LogP contribution in [0.1, 0.15) is 100 Å². The molecule has 0 aromatic heterocycles. The Morgan fingerprint density at radius 2 is 1.44 bits per heavy atom. The minimum absolute atomic E-state index is 0.125. The van der Waals surface area contributed by atoms with Gasteiger partial charge in [-0.25, -0.2) is 0 Å². The van der Waals surface area contributed by atoms with E-state index in [-0.39, 0.29) is 31.4 Å². The fourth-order valence-electron chi connectivity index (χ4n) is 11.0. The van der Waals surface area contributed by atoms with E-state index in [0.717, 1.165) is 6.92 Å². The topological polar surface area (TPSA) is 192 Å². The monoisotopic (exact) mass is 849 g/mol. The maximum absolute atomic E-state index is 15.6. The smallest absolute Gasteiger partial charge is 0.311 e. The summed E-state index contributed by atoms with van der Waals surface area (Å²) in [5.74, 6) is -7.35. The van der Waals surface area contributed by atoms with Crippen LogP contribution >= 0.6 is 0 Å². The fourth-order valence-corrected chi connectivity index (χ4v) is 11.0. The predicted molar refractivity (Wildman–Crippen MR) is 224 cm³/mol. The summed E-state index contributed by atoms with van der Waals surface area (Å²) in [4.78, 5) is 84.3. The number of nitrogens with one attached hydrogen (secondary N) is 1. The Kier molecular flexibility index (Phi) is 12.0. The number of benzene rings is 3. The lowest BCUT2D eigenvalue weighted by Crippen LogP contribution is -2.80. The number of aliphatic hydroxyl groups is 2. The van der Waals surface area contributed by atoms with Crippen molar-refractivity contribution in [1.29, 1.82) is 0 Å². The van der Waals surface area contributed by atoms with Gasteiger partial charge in [0.1, 0.15) is 12.2 Å². The fraction of sp³-hybridized carbons (Fsp3) is 0.469. The van der Waals surface area contributed by atoms with Crippen molar-refractivity contribution in [3.05, 3.63) is 119 Å². The molecular weight excluding hydrogens is 795 g/mol. The molecule has 11 atom stereocenters. The molecule has 62 heavy (non-hydrogen) atoms. The number of aliphatic hydroxyl groups excluding tert-OH is 1. The Morgan fingerprint density at radius 1 is 0.855 bits per heavy atom. The highest BCUT2D eigenvalue weighted by atomic mass is 16.6. The van der Waals surface area contributed by atoms with Crippen LogP contribution in [0.2, 0.25) is 0 Å². The van der Waals surface area contributed by atoms with Gasteiger partial charge >= 0.3 is 17.9 Å². The average molecular weight is 850 g/mol. The molecule has 13 heteroatoms. The van der Waals surface area contributed by atoms with Crippen LogP contribution in [-0.4, -0.2) is 87.8 Å². The number of hydrogen-bond acceptors (Lipinski definition) is 12. The molecule has 3 aliphatic carbocycles. The Hall–Kier alpha value is -5.50. The molecule has 328 valence electrons. The SMILES string of the molecule is CC(=O)O[C@H]1C(=O)[C@@]2(C)[C@H]([C@H](CC(=O)c3ccccc3)[C@]3(O)C[C@H](OC(=O)[C@H](C)[C@@H](NC(=O)c4ccccc4)c4ccccc4)C(C)=C1C3(C)C)[C@]1(OC(C)=O)CO[C@@H]1C[C@@H]2O. The first-order valence-electron chi connectivity index (χ1n) is 21.1. The van der Waals surface area contributed by atoms with Crippen molar-refractivity contribution >= 4 is 35.4 Å². The Morgan fingerprint density at radius 3 is 1.98 bits per heavy atom. The zero-order valence-electron chi connectivity index (χ0n) is 36.1. The first kappa shape index (κ1) is 44.6. The number of hydrogen-bond donors (Lipinski definition) is 3. The molecule has 0 unspecified atom stereocenters. The van der Waals surface area contributed by atoms with Gasteiger partial charge in [0, 0.05) is 61.5 Å². The number of carbonyl (C=O) groups is 6. The number of rotatable bonds is 11. The van der Waals surface area contributed by atoms with Gasteiger partial charge in [-0.3, -0.25) is 28.8 Å². The summed E-state index contributed by atoms with van der Waals surface area (Å²) < 4.78 is 24.5. The number of ether oxygens (including phenoxy) is 4. The van der Waals surface area contributed by atoms with Crippen LogP contribution in [-0.2, 0) is 38.1 Å². The van der Waals surface area contributed by atoms with E-state index >= 15 is 4.79 Å². The second kappa shape index (κ2) is 16.7. The van der Waals surface area contributed by atoms with Crippen LogP contribution < -0.4 is 5.32 Å². The lowest BCUT2D eigenvalue weighted by Gasteiger charge is -2.68. The molecule has 3 aromatic rings. The highest BCUT2D eigenvalue weighted by Crippen LogP contribution is 2.66. The van der Waals surface area contributed by atoms with Gasteiger partial charge < -0.3 is 34.5 Å². The average Bonchev–Trinajstić information content (AvgIpc) is 3.24. The second-order valence-electron chi connectivity index (χ2n) is 18.1. The molecular formula is C49H55NO12. The van der Waals surface area contributed by atoms with E-state index in [4.69, 9.17) is 18.9 Å². The van der Waals surface area contributed by atoms with E-state index < -0.39 is 106 Å². The molecule has 0 spiro atoms. The van der Waals surface area contributed by atoms with Crippen molar-refractivity contribution in [1.82, 2.24) is 5.32 Å². The van der Waals surface area contributed by atoms with E-state index in [0.29, 0.717) is 22.3 Å². The maximum Gasteiger partial charge on any atom is 0.311 e. The Balaban J connectivity index is 1.39. The summed E-state index contributed by atoms with van der Waals surface area (Å²) in [5.41, 5.74) is -5.22. The van der Waals surface area contributed by atoms with Crippen molar-refractivity contribution in [2.75, 3.05) is 6.61 Å². The highest BCUT2D eigenvalue weighted by molar-refractivity contribution is 5.98. The number of carbonyl (C=O) groups excluding carboxylic acids is 6. The van der Waals surface area contributed by atoms with Gasteiger partial charge in [-0.15, -0.1) is 0 Å². The molecule has 13 nitrogen and oxygen atoms in total. The van der Waals surface area contributed by atoms with Crippen molar-refractivity contribution < 1.29 is 57.9 Å². The molecule has 2 saturated carbocycles. The molecule has 3 fully saturated rings. The van der Waals surface area contributed by atoms with E-state index in [2.05, 4.69) is 5.32 Å². The molecule has 1 aliphatic heterocycles. The van der Waals surface area contributed by atoms with Gasteiger partial charge in [-0.1, -0.05) is 92.7 Å². The third-order valence-corrected chi connectivity index (χ3v) is 14.3. The van der Waals surface area contributed by atoms with Crippen LogP contribution in [0.3, 0.4) is 0 Å². The van der Waals surface area contributed by atoms with Crippen LogP contribution in [0.25, 0.3) is 0 Å². The van der Waals surface area contributed by atoms with Crippen LogP contribution in [0.4, 0.5) is 0 Å². The minimum Gasteiger partial charge on any atom is -0.457 e. The predicted octanol–water partition coefficient (Wildman–Crippen LogP) is 5.67. The largest absolute Gasteiger partial charge is 0.457 e. The van der Waals surface area contributed by atoms with Gasteiger partial charge in [0.25, 0.3) is 5.91 Å². The molecule has 2 bridgehead atoms. The van der Waals surface area contributed by atoms with Gasteiger partial charge in [0.2, 0.25) is 0 Å². The van der Waals surface area contributed by atoms with Crippen molar-refractivity contribution in [2.45, 2.75) is 109 Å². The standard InChI is InChI=1S/C49H55NO12/c1-27-36(61-45(57)28(2)40(32-19-13-9-14-20-32)50-44(56)33-21-15-10-16-22-33)25-49(58)34(23-35(53)31-17-11-8-12-18-31)42-47(7,37(54)24-38-48(42,26-59-38)62-30(4)52)43(55)41(60-29(3)51)39(27)46(49,5)6/h8-22,28,34,36-38,40-42,54,58H,23-26H2,1-7H3,(H,50,56)/t28-,34+,36+,37+,38-,40-,41-,42+,47-,48+,49-/m1/s1. The molecule has 3 N–H and O–H groups in total. The molecule has 3 aromatic carbocycles. The molecule has 4 aliphatic rings. The first-order chi connectivity index (χ1) is 29.3. The summed E-state index contributed by atoms with van der Waals surface area (Å²) in [6, 6.07) is 25.1. The number of Topliss-reactive ketones (excluding diaryl/α,β-unsaturated/α-hetero) is 2. The van der Waals surface area contributed by atoms with E-state index in [1.807, 2.05) is 6.07 Å². The Labute approximate surface area is 361 Å². The van der Waals surface area contributed by atoms with Gasteiger partial charge in [0.05, 0.1) is 35.7 Å². The maximum atomic E-state index is 15.6. The van der Waals surface area contributed by atoms with Crippen LogP contribution in [0, 0.1) is 28.6 Å². The van der Waals surface area contributed by atoms with Crippen molar-refractivity contribution in [2.24, 2.45) is 28.6 Å². The Bertz CT molecular complexity index is 2280. The quantitative estimate of drug-likeness (QED) is 0.0928. The number of esters is 3. The van der Waals surface area contributed by atoms with E-state index in [1.54, 1.807) is 113 Å². The number of amides is 1. The van der Waals surface area contributed by atoms with E-state index in [1.165, 1.54) is 13.8 Å². The van der Waals surface area contributed by atoms with Crippen molar-refractivity contribution in [3.63, 3.8) is 0 Å².